The molecule has 0 saturated carbocycles. The van der Waals surface area contributed by atoms with Crippen LogP contribution in [0.1, 0.15) is 5.56 Å². The maximum absolute atomic E-state index is 11.8. The van der Waals surface area contributed by atoms with E-state index in [-0.39, 0.29) is 12.7 Å². The number of para-hydroxylation sites is 1. The molecule has 0 spiro atoms. The van der Waals surface area contributed by atoms with Gasteiger partial charge in [-0.3, -0.25) is 4.79 Å². The quantitative estimate of drug-likeness (QED) is 0.653. The first-order chi connectivity index (χ1) is 10.3. The number of hydrogen-bond acceptors (Lipinski definition) is 3. The zero-order valence-corrected chi connectivity index (χ0v) is 11.8. The monoisotopic (exact) mass is 283 g/mol. The second-order valence-corrected chi connectivity index (χ2v) is 4.31. The van der Waals surface area contributed by atoms with Crippen LogP contribution in [0, 0.1) is 0 Å². The standard InChI is InChI=1S/C17H17NO3/c1-20-13-21-16-10-7-14(8-11-16)9-12-17(19)18-15-5-3-2-4-6-15/h2-12H,13H2,1H3,(H,18,19)/b12-9+. The van der Waals surface area contributed by atoms with Crippen molar-refractivity contribution in [2.24, 2.45) is 0 Å². The first kappa shape index (κ1) is 14.8. The third kappa shape index (κ3) is 5.12. The van der Waals surface area contributed by atoms with E-state index in [0.717, 1.165) is 17.0 Å². The Bertz CT molecular complexity index is 591. The Morgan fingerprint density at radius 1 is 1.10 bits per heavy atom. The molecule has 2 rings (SSSR count). The number of nitrogens with one attached hydrogen (secondary N) is 1. The molecule has 0 unspecified atom stereocenters. The number of carbonyl (C=O) groups is 1. The Hall–Kier alpha value is -2.59. The number of rotatable bonds is 6. The molecule has 0 fully saturated rings. The molecule has 0 aliphatic carbocycles. The van der Waals surface area contributed by atoms with Gasteiger partial charge in [-0.15, -0.1) is 0 Å². The minimum Gasteiger partial charge on any atom is -0.468 e. The maximum atomic E-state index is 11.8. The summed E-state index contributed by atoms with van der Waals surface area (Å²) in [6, 6.07) is 16.7. The Kier molecular flexibility index (Phi) is 5.55. The molecule has 0 aliphatic heterocycles. The van der Waals surface area contributed by atoms with Crippen LogP contribution in [0.25, 0.3) is 6.08 Å². The van der Waals surface area contributed by atoms with E-state index in [1.54, 1.807) is 13.2 Å². The van der Waals surface area contributed by atoms with Gasteiger partial charge in [0, 0.05) is 18.9 Å². The third-order valence-corrected chi connectivity index (χ3v) is 2.69. The van der Waals surface area contributed by atoms with Gasteiger partial charge >= 0.3 is 0 Å². The molecular weight excluding hydrogens is 266 g/mol. The molecular formula is C17H17NO3. The van der Waals surface area contributed by atoms with E-state index >= 15 is 0 Å². The predicted molar refractivity (Wildman–Crippen MR) is 83.1 cm³/mol. The summed E-state index contributed by atoms with van der Waals surface area (Å²) in [5.74, 6) is 0.559. The van der Waals surface area contributed by atoms with Crippen LogP contribution in [0.5, 0.6) is 5.75 Å². The van der Waals surface area contributed by atoms with Gasteiger partial charge in [-0.25, -0.2) is 0 Å². The van der Waals surface area contributed by atoms with Gasteiger partial charge in [0.1, 0.15) is 5.75 Å². The Labute approximate surface area is 124 Å². The third-order valence-electron chi connectivity index (χ3n) is 2.69. The van der Waals surface area contributed by atoms with Crippen molar-refractivity contribution < 1.29 is 14.3 Å². The second-order valence-electron chi connectivity index (χ2n) is 4.31. The minimum atomic E-state index is -0.166. The lowest BCUT2D eigenvalue weighted by atomic mass is 10.2. The van der Waals surface area contributed by atoms with Crippen LogP contribution in [-0.2, 0) is 9.53 Å². The van der Waals surface area contributed by atoms with Crippen molar-refractivity contribution in [3.05, 3.63) is 66.2 Å². The zero-order chi connectivity index (χ0) is 14.9. The summed E-state index contributed by atoms with van der Waals surface area (Å²) < 4.78 is 10.1. The molecule has 2 aromatic carbocycles. The fourth-order valence-corrected chi connectivity index (χ4v) is 1.68. The van der Waals surface area contributed by atoms with Crippen LogP contribution in [0.3, 0.4) is 0 Å². The van der Waals surface area contributed by atoms with Crippen molar-refractivity contribution in [2.45, 2.75) is 0 Å². The van der Waals surface area contributed by atoms with E-state index in [1.807, 2.05) is 54.6 Å². The fraction of sp³-hybridized carbons (Fsp3) is 0.118. The van der Waals surface area contributed by atoms with Gasteiger partial charge in [0.05, 0.1) is 0 Å². The SMILES string of the molecule is COCOc1ccc(/C=C/C(=O)Nc2ccccc2)cc1. The van der Waals surface area contributed by atoms with E-state index in [1.165, 1.54) is 6.08 Å². The molecule has 1 N–H and O–H groups in total. The van der Waals surface area contributed by atoms with Gasteiger partial charge in [-0.1, -0.05) is 30.3 Å². The van der Waals surface area contributed by atoms with Crippen LogP contribution in [0.4, 0.5) is 5.69 Å². The number of anilines is 1. The van der Waals surface area contributed by atoms with Crippen molar-refractivity contribution in [3.8, 4) is 5.75 Å². The number of benzene rings is 2. The maximum Gasteiger partial charge on any atom is 0.248 e. The van der Waals surface area contributed by atoms with Gasteiger partial charge < -0.3 is 14.8 Å². The van der Waals surface area contributed by atoms with Crippen molar-refractivity contribution in [2.75, 3.05) is 19.2 Å². The van der Waals surface area contributed by atoms with E-state index in [4.69, 9.17) is 9.47 Å². The number of amides is 1. The first-order valence-corrected chi connectivity index (χ1v) is 6.54. The molecule has 0 radical (unpaired) electrons. The smallest absolute Gasteiger partial charge is 0.248 e. The Morgan fingerprint density at radius 3 is 2.48 bits per heavy atom. The lowest BCUT2D eigenvalue weighted by molar-refractivity contribution is -0.111. The highest BCUT2D eigenvalue weighted by Gasteiger charge is 1.97. The molecule has 21 heavy (non-hydrogen) atoms. The summed E-state index contributed by atoms with van der Waals surface area (Å²) in [5, 5.41) is 2.78. The number of hydrogen-bond donors (Lipinski definition) is 1. The molecule has 0 aromatic heterocycles. The first-order valence-electron chi connectivity index (χ1n) is 6.54. The van der Waals surface area contributed by atoms with Gasteiger partial charge in [0.25, 0.3) is 0 Å². The molecule has 0 atom stereocenters. The second kappa shape index (κ2) is 7.87. The van der Waals surface area contributed by atoms with Gasteiger partial charge in [-0.2, -0.15) is 0 Å². The summed E-state index contributed by atoms with van der Waals surface area (Å²) in [4.78, 5) is 11.8. The van der Waals surface area contributed by atoms with Gasteiger partial charge in [-0.05, 0) is 35.9 Å². The van der Waals surface area contributed by atoms with Crippen LogP contribution in [-0.4, -0.2) is 19.8 Å². The van der Waals surface area contributed by atoms with E-state index < -0.39 is 0 Å². The molecule has 4 heteroatoms. The Morgan fingerprint density at radius 2 is 1.81 bits per heavy atom. The summed E-state index contributed by atoms with van der Waals surface area (Å²) in [5.41, 5.74) is 1.69. The number of carbonyl (C=O) groups excluding carboxylic acids is 1. The van der Waals surface area contributed by atoms with Crippen LogP contribution in [0.2, 0.25) is 0 Å². The van der Waals surface area contributed by atoms with Crippen molar-refractivity contribution >= 4 is 17.7 Å². The highest BCUT2D eigenvalue weighted by atomic mass is 16.7. The normalized spacial score (nSPS) is 10.5. The Balaban J connectivity index is 1.89. The lowest BCUT2D eigenvalue weighted by Gasteiger charge is -2.04. The topological polar surface area (TPSA) is 47.6 Å². The van der Waals surface area contributed by atoms with E-state index in [9.17, 15) is 4.79 Å². The van der Waals surface area contributed by atoms with Crippen LogP contribution < -0.4 is 10.1 Å². The van der Waals surface area contributed by atoms with Gasteiger partial charge in [0.15, 0.2) is 6.79 Å². The van der Waals surface area contributed by atoms with Gasteiger partial charge in [0.2, 0.25) is 5.91 Å². The minimum absolute atomic E-state index is 0.166. The zero-order valence-electron chi connectivity index (χ0n) is 11.8. The molecule has 1 amide bonds. The summed E-state index contributed by atoms with van der Waals surface area (Å²) in [6.45, 7) is 0.217. The molecule has 4 nitrogen and oxygen atoms in total. The molecule has 108 valence electrons. The average Bonchev–Trinajstić information content (AvgIpc) is 2.53. The summed E-state index contributed by atoms with van der Waals surface area (Å²) in [7, 11) is 1.57. The number of ether oxygens (including phenoxy) is 2. The molecule has 2 aromatic rings. The fourth-order valence-electron chi connectivity index (χ4n) is 1.68. The van der Waals surface area contributed by atoms with E-state index in [2.05, 4.69) is 5.32 Å². The molecule has 0 heterocycles. The summed E-state index contributed by atoms with van der Waals surface area (Å²) in [6.07, 6.45) is 3.25. The average molecular weight is 283 g/mol. The lowest BCUT2D eigenvalue weighted by Crippen LogP contribution is -2.07. The molecule has 0 saturated heterocycles. The van der Waals surface area contributed by atoms with Crippen molar-refractivity contribution in [1.82, 2.24) is 0 Å². The van der Waals surface area contributed by atoms with Crippen molar-refractivity contribution in [1.29, 1.82) is 0 Å². The highest BCUT2D eigenvalue weighted by molar-refractivity contribution is 6.01. The number of methoxy groups -OCH3 is 1. The van der Waals surface area contributed by atoms with Crippen molar-refractivity contribution in [3.63, 3.8) is 0 Å². The van der Waals surface area contributed by atoms with E-state index in [0.29, 0.717) is 0 Å². The van der Waals surface area contributed by atoms with Crippen LogP contribution >= 0.6 is 0 Å². The predicted octanol–water partition coefficient (Wildman–Crippen LogP) is 3.32. The molecule has 0 aliphatic rings. The van der Waals surface area contributed by atoms with Crippen LogP contribution in [0.15, 0.2) is 60.7 Å². The highest BCUT2D eigenvalue weighted by Crippen LogP contribution is 2.13. The molecule has 0 bridgehead atoms. The largest absolute Gasteiger partial charge is 0.468 e. The summed E-state index contributed by atoms with van der Waals surface area (Å²) >= 11 is 0.